The van der Waals surface area contributed by atoms with Gasteiger partial charge < -0.3 is 5.32 Å². The molecule has 1 aromatic carbocycles. The lowest BCUT2D eigenvalue weighted by Crippen LogP contribution is -2.20. The van der Waals surface area contributed by atoms with Crippen molar-refractivity contribution in [1.29, 1.82) is 0 Å². The number of nitrogens with one attached hydrogen (secondary N) is 1. The standard InChI is InChI=1S/C16H19ClN2OS/c1-9-5-10(2)14(11(3)6-9)19-15(20)12(4)16-18-13(7-17)8-21-16/h5-6,8,12H,7H2,1-4H3,(H,19,20). The Bertz CT molecular complexity index is 643. The summed E-state index contributed by atoms with van der Waals surface area (Å²) in [6.45, 7) is 7.94. The van der Waals surface area contributed by atoms with E-state index in [4.69, 9.17) is 11.6 Å². The summed E-state index contributed by atoms with van der Waals surface area (Å²) >= 11 is 7.23. The smallest absolute Gasteiger partial charge is 0.234 e. The van der Waals surface area contributed by atoms with Crippen LogP contribution in [-0.2, 0) is 10.7 Å². The largest absolute Gasteiger partial charge is 0.325 e. The van der Waals surface area contributed by atoms with Crippen molar-refractivity contribution in [1.82, 2.24) is 4.98 Å². The molecule has 2 rings (SSSR count). The van der Waals surface area contributed by atoms with E-state index in [1.165, 1.54) is 16.9 Å². The number of nitrogens with zero attached hydrogens (tertiary/aromatic N) is 1. The van der Waals surface area contributed by atoms with Gasteiger partial charge in [-0.15, -0.1) is 22.9 Å². The summed E-state index contributed by atoms with van der Waals surface area (Å²) < 4.78 is 0. The molecule has 1 amide bonds. The molecule has 0 spiro atoms. The third kappa shape index (κ3) is 3.63. The number of hydrogen-bond donors (Lipinski definition) is 1. The average molecular weight is 323 g/mol. The molecule has 21 heavy (non-hydrogen) atoms. The number of hydrogen-bond acceptors (Lipinski definition) is 3. The quantitative estimate of drug-likeness (QED) is 0.839. The molecule has 3 nitrogen and oxygen atoms in total. The zero-order valence-electron chi connectivity index (χ0n) is 12.7. The normalized spacial score (nSPS) is 12.2. The van der Waals surface area contributed by atoms with Gasteiger partial charge in [0.25, 0.3) is 0 Å². The fraction of sp³-hybridized carbons (Fsp3) is 0.375. The van der Waals surface area contributed by atoms with Crippen molar-refractivity contribution < 1.29 is 4.79 Å². The Morgan fingerprint density at radius 1 is 1.33 bits per heavy atom. The Morgan fingerprint density at radius 2 is 1.95 bits per heavy atom. The summed E-state index contributed by atoms with van der Waals surface area (Å²) in [6.07, 6.45) is 0. The number of anilines is 1. The molecule has 0 saturated heterocycles. The predicted octanol–water partition coefficient (Wildman–Crippen LogP) is 4.55. The van der Waals surface area contributed by atoms with Crippen molar-refractivity contribution in [2.45, 2.75) is 39.5 Å². The Balaban J connectivity index is 2.18. The fourth-order valence-electron chi connectivity index (χ4n) is 2.30. The SMILES string of the molecule is Cc1cc(C)c(NC(=O)C(C)c2nc(CCl)cs2)c(C)c1. The number of aromatic nitrogens is 1. The number of thiazole rings is 1. The van der Waals surface area contributed by atoms with Gasteiger partial charge in [-0.1, -0.05) is 17.7 Å². The number of halogens is 1. The van der Waals surface area contributed by atoms with Gasteiger partial charge in [-0.2, -0.15) is 0 Å². The van der Waals surface area contributed by atoms with Crippen molar-refractivity contribution in [2.24, 2.45) is 0 Å². The van der Waals surface area contributed by atoms with Crippen LogP contribution in [-0.4, -0.2) is 10.9 Å². The molecular weight excluding hydrogens is 304 g/mol. The fourth-order valence-corrected chi connectivity index (χ4v) is 3.41. The predicted molar refractivity (Wildman–Crippen MR) is 89.4 cm³/mol. The van der Waals surface area contributed by atoms with Crippen molar-refractivity contribution >= 4 is 34.5 Å². The van der Waals surface area contributed by atoms with Gasteiger partial charge in [0, 0.05) is 11.1 Å². The van der Waals surface area contributed by atoms with E-state index >= 15 is 0 Å². The van der Waals surface area contributed by atoms with Gasteiger partial charge in [0.2, 0.25) is 5.91 Å². The van der Waals surface area contributed by atoms with Crippen molar-refractivity contribution in [3.63, 3.8) is 0 Å². The maximum absolute atomic E-state index is 12.4. The number of carbonyl (C=O) groups is 1. The first-order valence-corrected chi connectivity index (χ1v) is 8.22. The van der Waals surface area contributed by atoms with E-state index in [2.05, 4.69) is 29.4 Å². The second kappa shape index (κ2) is 6.58. The molecule has 1 atom stereocenters. The first-order chi connectivity index (χ1) is 9.92. The van der Waals surface area contributed by atoms with Crippen LogP contribution in [0.1, 0.15) is 40.2 Å². The Morgan fingerprint density at radius 3 is 2.48 bits per heavy atom. The minimum atomic E-state index is -0.285. The van der Waals surface area contributed by atoms with Crippen molar-refractivity contribution in [3.8, 4) is 0 Å². The van der Waals surface area contributed by atoms with Crippen molar-refractivity contribution in [3.05, 3.63) is 44.9 Å². The molecule has 0 saturated carbocycles. The Hall–Kier alpha value is -1.39. The molecule has 0 aliphatic heterocycles. The number of carbonyl (C=O) groups excluding carboxylic acids is 1. The third-order valence-corrected chi connectivity index (χ3v) is 4.75. The maximum atomic E-state index is 12.4. The van der Waals surface area contributed by atoms with Crippen molar-refractivity contribution in [2.75, 3.05) is 5.32 Å². The lowest BCUT2D eigenvalue weighted by atomic mass is 10.0. The Labute approximate surface area is 134 Å². The van der Waals surface area contributed by atoms with Gasteiger partial charge >= 0.3 is 0 Å². The summed E-state index contributed by atoms with van der Waals surface area (Å²) in [6, 6.07) is 4.14. The second-order valence-electron chi connectivity index (χ2n) is 5.30. The molecule has 0 bridgehead atoms. The number of rotatable bonds is 4. The Kier molecular flexibility index (Phi) is 5.01. The van der Waals surface area contributed by atoms with E-state index < -0.39 is 0 Å². The monoisotopic (exact) mass is 322 g/mol. The molecule has 112 valence electrons. The summed E-state index contributed by atoms with van der Waals surface area (Å²) in [5.41, 5.74) is 5.07. The number of benzene rings is 1. The number of amides is 1. The molecule has 1 unspecified atom stereocenters. The van der Waals surface area contributed by atoms with Gasteiger partial charge in [-0.05, 0) is 38.8 Å². The van der Waals surface area contributed by atoms with Crippen LogP contribution in [0.4, 0.5) is 5.69 Å². The van der Waals surface area contributed by atoms with Crippen LogP contribution >= 0.6 is 22.9 Å². The molecular formula is C16H19ClN2OS. The lowest BCUT2D eigenvalue weighted by molar-refractivity contribution is -0.117. The minimum Gasteiger partial charge on any atom is -0.325 e. The second-order valence-corrected chi connectivity index (χ2v) is 6.45. The summed E-state index contributed by atoms with van der Waals surface area (Å²) in [5, 5.41) is 5.72. The third-order valence-electron chi connectivity index (χ3n) is 3.40. The topological polar surface area (TPSA) is 42.0 Å². The van der Waals surface area contributed by atoms with Crippen LogP contribution in [0.2, 0.25) is 0 Å². The molecule has 0 aliphatic rings. The number of aryl methyl sites for hydroxylation is 3. The molecule has 1 heterocycles. The molecule has 0 fully saturated rings. The summed E-state index contributed by atoms with van der Waals surface area (Å²) in [7, 11) is 0. The van der Waals surface area contributed by atoms with Gasteiger partial charge in [0.05, 0.1) is 17.5 Å². The van der Waals surface area contributed by atoms with Crippen LogP contribution in [0.25, 0.3) is 0 Å². The van der Waals surface area contributed by atoms with E-state index in [1.54, 1.807) is 0 Å². The summed E-state index contributed by atoms with van der Waals surface area (Å²) in [5.74, 6) is 0.0497. The maximum Gasteiger partial charge on any atom is 0.234 e. The van der Waals surface area contributed by atoms with Crippen LogP contribution in [0.15, 0.2) is 17.5 Å². The van der Waals surface area contributed by atoms with Crippen LogP contribution in [0.5, 0.6) is 0 Å². The van der Waals surface area contributed by atoms with Crippen LogP contribution in [0, 0.1) is 20.8 Å². The minimum absolute atomic E-state index is 0.0412. The highest BCUT2D eigenvalue weighted by molar-refractivity contribution is 7.09. The highest BCUT2D eigenvalue weighted by atomic mass is 35.5. The molecule has 0 aliphatic carbocycles. The molecule has 1 N–H and O–H groups in total. The first kappa shape index (κ1) is 16.0. The molecule has 0 radical (unpaired) electrons. The van der Waals surface area contributed by atoms with Gasteiger partial charge in [-0.3, -0.25) is 4.79 Å². The van der Waals surface area contributed by atoms with E-state index in [0.717, 1.165) is 27.5 Å². The highest BCUT2D eigenvalue weighted by Gasteiger charge is 2.20. The van der Waals surface area contributed by atoms with Crippen LogP contribution in [0.3, 0.4) is 0 Å². The zero-order valence-corrected chi connectivity index (χ0v) is 14.2. The lowest BCUT2D eigenvalue weighted by Gasteiger charge is -2.15. The average Bonchev–Trinajstić information content (AvgIpc) is 2.90. The van der Waals surface area contributed by atoms with Crippen LogP contribution < -0.4 is 5.32 Å². The highest BCUT2D eigenvalue weighted by Crippen LogP contribution is 2.26. The number of alkyl halides is 1. The molecule has 5 heteroatoms. The van der Waals surface area contributed by atoms with Gasteiger partial charge in [-0.25, -0.2) is 4.98 Å². The molecule has 1 aromatic heterocycles. The zero-order chi connectivity index (χ0) is 15.6. The van der Waals surface area contributed by atoms with E-state index in [0.29, 0.717) is 5.88 Å². The van der Waals surface area contributed by atoms with E-state index in [-0.39, 0.29) is 11.8 Å². The van der Waals surface area contributed by atoms with Gasteiger partial charge in [0.15, 0.2) is 0 Å². The molecule has 2 aromatic rings. The van der Waals surface area contributed by atoms with E-state index in [1.807, 2.05) is 26.2 Å². The first-order valence-electron chi connectivity index (χ1n) is 6.81. The van der Waals surface area contributed by atoms with E-state index in [9.17, 15) is 4.79 Å². The summed E-state index contributed by atoms with van der Waals surface area (Å²) in [4.78, 5) is 16.8. The van der Waals surface area contributed by atoms with Gasteiger partial charge in [0.1, 0.15) is 5.01 Å².